The lowest BCUT2D eigenvalue weighted by Crippen LogP contribution is -2.52. The third-order valence-electron chi connectivity index (χ3n) is 6.47. The van der Waals surface area contributed by atoms with Gasteiger partial charge in [0.2, 0.25) is 0 Å². The normalized spacial score (nSPS) is 19.3. The summed E-state index contributed by atoms with van der Waals surface area (Å²) >= 11 is 0. The van der Waals surface area contributed by atoms with Gasteiger partial charge in [0.25, 0.3) is 0 Å². The quantitative estimate of drug-likeness (QED) is 0.696. The number of anilines is 2. The van der Waals surface area contributed by atoms with Crippen molar-refractivity contribution >= 4 is 17.6 Å². The first kappa shape index (κ1) is 22.9. The molecule has 0 N–H and O–H groups in total. The van der Waals surface area contributed by atoms with Crippen molar-refractivity contribution in [3.05, 3.63) is 53.7 Å². The van der Waals surface area contributed by atoms with Gasteiger partial charge in [0.1, 0.15) is 24.2 Å². The number of rotatable bonds is 5. The summed E-state index contributed by atoms with van der Waals surface area (Å²) in [5.41, 5.74) is 2.40. The van der Waals surface area contributed by atoms with Crippen molar-refractivity contribution < 1.29 is 9.53 Å². The van der Waals surface area contributed by atoms with E-state index in [-0.39, 0.29) is 12.7 Å². The molecule has 8 heteroatoms. The number of hydrogen-bond donors (Lipinski definition) is 0. The lowest BCUT2D eigenvalue weighted by molar-refractivity contribution is 0.0942. The zero-order chi connectivity index (χ0) is 23.2. The fourth-order valence-corrected chi connectivity index (χ4v) is 4.51. The van der Waals surface area contributed by atoms with Crippen LogP contribution in [0.4, 0.5) is 16.3 Å². The van der Waals surface area contributed by atoms with Gasteiger partial charge in [-0.05, 0) is 25.1 Å². The molecule has 1 amide bonds. The van der Waals surface area contributed by atoms with Crippen molar-refractivity contribution in [2.24, 2.45) is 0 Å². The number of carbonyl (C=O) groups excluding carboxylic acids is 1. The molecule has 33 heavy (non-hydrogen) atoms. The van der Waals surface area contributed by atoms with Crippen molar-refractivity contribution in [1.82, 2.24) is 14.8 Å². The fraction of sp³-hybridized carbons (Fsp3) is 0.480. The van der Waals surface area contributed by atoms with Crippen LogP contribution in [0.2, 0.25) is 0 Å². The predicted molar refractivity (Wildman–Crippen MR) is 128 cm³/mol. The van der Waals surface area contributed by atoms with Gasteiger partial charge in [0.15, 0.2) is 0 Å². The van der Waals surface area contributed by atoms with E-state index >= 15 is 0 Å². The molecular formula is C25H32N6O2. The van der Waals surface area contributed by atoms with Crippen LogP contribution in [0.25, 0.3) is 0 Å². The molecule has 0 bridgehead atoms. The summed E-state index contributed by atoms with van der Waals surface area (Å²) in [6.45, 7) is 7.89. The molecule has 4 rings (SSSR count). The van der Waals surface area contributed by atoms with Crippen LogP contribution in [-0.2, 0) is 11.3 Å². The summed E-state index contributed by atoms with van der Waals surface area (Å²) < 4.78 is 5.48. The third kappa shape index (κ3) is 5.55. The number of piperazine rings is 2. The molecule has 1 aromatic carbocycles. The molecule has 174 valence electrons. The van der Waals surface area contributed by atoms with Crippen LogP contribution in [0, 0.1) is 11.3 Å². The van der Waals surface area contributed by atoms with Crippen LogP contribution in [0.15, 0.2) is 42.5 Å². The maximum Gasteiger partial charge on any atom is 0.410 e. The van der Waals surface area contributed by atoms with Gasteiger partial charge in [-0.15, -0.1) is 0 Å². The Morgan fingerprint density at radius 1 is 1.12 bits per heavy atom. The standard InChI is InChI=1S/C25H32N6O2/c1-3-22-18-28(2)9-14-31(22)24-16-23(15-21(17-26)27-24)29-10-12-30(13-11-29)25(32)33-19-20-7-5-4-6-8-20/h4-8,15-16,22H,3,9-14,18-19H2,1-2H3/t22-/m0/s1. The number of pyridine rings is 1. The van der Waals surface area contributed by atoms with Crippen molar-refractivity contribution in [1.29, 1.82) is 5.26 Å². The van der Waals surface area contributed by atoms with Gasteiger partial charge in [-0.25, -0.2) is 9.78 Å². The molecule has 3 heterocycles. The van der Waals surface area contributed by atoms with Crippen molar-refractivity contribution in [3.63, 3.8) is 0 Å². The summed E-state index contributed by atoms with van der Waals surface area (Å²) in [4.78, 5) is 25.8. The van der Waals surface area contributed by atoms with Gasteiger partial charge in [-0.2, -0.15) is 5.26 Å². The predicted octanol–water partition coefficient (Wildman–Crippen LogP) is 2.94. The van der Waals surface area contributed by atoms with Crippen molar-refractivity contribution in [2.75, 3.05) is 62.7 Å². The zero-order valence-electron chi connectivity index (χ0n) is 19.5. The Morgan fingerprint density at radius 2 is 1.88 bits per heavy atom. The molecule has 2 aromatic rings. The second-order valence-electron chi connectivity index (χ2n) is 8.71. The minimum Gasteiger partial charge on any atom is -0.445 e. The number of ether oxygens (including phenoxy) is 1. The number of carbonyl (C=O) groups is 1. The molecule has 0 aliphatic carbocycles. The topological polar surface area (TPSA) is 75.9 Å². The second-order valence-corrected chi connectivity index (χ2v) is 8.71. The fourth-order valence-electron chi connectivity index (χ4n) is 4.51. The van der Waals surface area contributed by atoms with E-state index in [2.05, 4.69) is 45.8 Å². The van der Waals surface area contributed by atoms with E-state index < -0.39 is 0 Å². The number of likely N-dealkylation sites (N-methyl/N-ethyl adjacent to an activating group) is 1. The van der Waals surface area contributed by atoms with Gasteiger partial charge >= 0.3 is 6.09 Å². The molecule has 2 saturated heterocycles. The number of nitrogens with zero attached hydrogens (tertiary/aromatic N) is 6. The molecule has 8 nitrogen and oxygen atoms in total. The third-order valence-corrected chi connectivity index (χ3v) is 6.47. The molecule has 2 aliphatic heterocycles. The van der Waals surface area contributed by atoms with Crippen molar-refractivity contribution in [2.45, 2.75) is 26.0 Å². The van der Waals surface area contributed by atoms with E-state index in [9.17, 15) is 10.1 Å². The molecule has 0 saturated carbocycles. The minimum atomic E-state index is -0.283. The number of hydrogen-bond acceptors (Lipinski definition) is 7. The summed E-state index contributed by atoms with van der Waals surface area (Å²) in [7, 11) is 2.15. The van der Waals surface area contributed by atoms with E-state index in [1.165, 1.54) is 0 Å². The SMILES string of the molecule is CC[C@H]1CN(C)CCN1c1cc(N2CCN(C(=O)OCc3ccccc3)CC2)cc(C#N)n1. The molecule has 1 atom stereocenters. The summed E-state index contributed by atoms with van der Waals surface area (Å²) in [5, 5.41) is 9.59. The summed E-state index contributed by atoms with van der Waals surface area (Å²) in [6.07, 6.45) is 0.747. The molecule has 2 aliphatic rings. The molecule has 0 spiro atoms. The first-order valence-corrected chi connectivity index (χ1v) is 11.7. The van der Waals surface area contributed by atoms with E-state index in [0.29, 0.717) is 37.9 Å². The lowest BCUT2D eigenvalue weighted by Gasteiger charge is -2.41. The maximum absolute atomic E-state index is 12.5. The minimum absolute atomic E-state index is 0.281. The smallest absolute Gasteiger partial charge is 0.410 e. The average molecular weight is 449 g/mol. The van der Waals surface area contributed by atoms with Gasteiger partial charge in [-0.3, -0.25) is 0 Å². The van der Waals surface area contributed by atoms with E-state index in [4.69, 9.17) is 4.74 Å². The number of benzene rings is 1. The Labute approximate surface area is 196 Å². The molecular weight excluding hydrogens is 416 g/mol. The van der Waals surface area contributed by atoms with E-state index in [1.54, 1.807) is 4.90 Å². The largest absolute Gasteiger partial charge is 0.445 e. The zero-order valence-corrected chi connectivity index (χ0v) is 19.5. The number of amides is 1. The Balaban J connectivity index is 1.40. The lowest BCUT2D eigenvalue weighted by atomic mass is 10.1. The van der Waals surface area contributed by atoms with E-state index in [0.717, 1.165) is 43.1 Å². The highest BCUT2D eigenvalue weighted by molar-refractivity contribution is 5.68. The van der Waals surface area contributed by atoms with Crippen LogP contribution < -0.4 is 9.80 Å². The first-order valence-electron chi connectivity index (χ1n) is 11.7. The highest BCUT2D eigenvalue weighted by Gasteiger charge is 2.27. The highest BCUT2D eigenvalue weighted by Crippen LogP contribution is 2.27. The van der Waals surface area contributed by atoms with Gasteiger partial charge in [-0.1, -0.05) is 37.3 Å². The van der Waals surface area contributed by atoms with Gasteiger partial charge in [0, 0.05) is 63.6 Å². The highest BCUT2D eigenvalue weighted by atomic mass is 16.6. The Bertz CT molecular complexity index is 984. The Hall–Kier alpha value is -3.31. The monoisotopic (exact) mass is 448 g/mol. The second kappa shape index (κ2) is 10.5. The van der Waals surface area contributed by atoms with Gasteiger partial charge < -0.3 is 24.3 Å². The number of aromatic nitrogens is 1. The van der Waals surface area contributed by atoms with Gasteiger partial charge in [0.05, 0.1) is 0 Å². The van der Waals surface area contributed by atoms with Crippen LogP contribution in [-0.4, -0.2) is 79.8 Å². The van der Waals surface area contributed by atoms with Crippen LogP contribution in [0.5, 0.6) is 0 Å². The maximum atomic E-state index is 12.5. The Kier molecular flexibility index (Phi) is 7.30. The average Bonchev–Trinajstić information content (AvgIpc) is 2.87. The van der Waals surface area contributed by atoms with E-state index in [1.807, 2.05) is 36.4 Å². The first-order chi connectivity index (χ1) is 16.1. The van der Waals surface area contributed by atoms with Crippen LogP contribution in [0.3, 0.4) is 0 Å². The molecule has 1 aromatic heterocycles. The molecule has 0 radical (unpaired) electrons. The van der Waals surface area contributed by atoms with Crippen molar-refractivity contribution in [3.8, 4) is 6.07 Å². The van der Waals surface area contributed by atoms with Crippen LogP contribution >= 0.6 is 0 Å². The molecule has 0 unspecified atom stereocenters. The Morgan fingerprint density at radius 3 is 2.58 bits per heavy atom. The van der Waals surface area contributed by atoms with Crippen LogP contribution in [0.1, 0.15) is 24.6 Å². The summed E-state index contributed by atoms with van der Waals surface area (Å²) in [6, 6.07) is 16.3. The number of nitriles is 1. The molecule has 2 fully saturated rings. The summed E-state index contributed by atoms with van der Waals surface area (Å²) in [5.74, 6) is 0.869.